The number of benzene rings is 1. The number of furan rings is 1. The van der Waals surface area contributed by atoms with Crippen molar-refractivity contribution in [1.29, 1.82) is 0 Å². The van der Waals surface area contributed by atoms with E-state index in [1.165, 1.54) is 16.0 Å². The van der Waals surface area contributed by atoms with Gasteiger partial charge in [-0.05, 0) is 25.0 Å². The summed E-state index contributed by atoms with van der Waals surface area (Å²) in [4.78, 5) is 9.34. The van der Waals surface area contributed by atoms with Gasteiger partial charge in [0.25, 0.3) is 0 Å². The maximum atomic E-state index is 5.93. The minimum absolute atomic E-state index is 0.128. The SMILES string of the molecule is Cc1cccc(C)c1SCc1coc2nc(N)nc(N)c12. The quantitative estimate of drug-likeness (QED) is 0.721. The van der Waals surface area contributed by atoms with Crippen LogP contribution in [-0.4, -0.2) is 9.97 Å². The molecule has 0 spiro atoms. The van der Waals surface area contributed by atoms with Crippen molar-refractivity contribution in [3.05, 3.63) is 41.2 Å². The molecule has 3 rings (SSSR count). The second-order valence-electron chi connectivity index (χ2n) is 4.92. The smallest absolute Gasteiger partial charge is 0.233 e. The molecule has 5 nitrogen and oxygen atoms in total. The summed E-state index contributed by atoms with van der Waals surface area (Å²) in [7, 11) is 0. The van der Waals surface area contributed by atoms with Crippen LogP contribution in [0.15, 0.2) is 33.8 Å². The summed E-state index contributed by atoms with van der Waals surface area (Å²) >= 11 is 1.76. The molecular weight excluding hydrogens is 284 g/mol. The lowest BCUT2D eigenvalue weighted by molar-refractivity contribution is 0.600. The van der Waals surface area contributed by atoms with Crippen LogP contribution in [0.5, 0.6) is 0 Å². The Morgan fingerprint density at radius 3 is 2.57 bits per heavy atom. The third-order valence-corrected chi connectivity index (χ3v) is 4.72. The highest BCUT2D eigenvalue weighted by molar-refractivity contribution is 7.98. The first kappa shape index (κ1) is 13.8. The minimum Gasteiger partial charge on any atom is -0.446 e. The molecule has 0 unspecified atom stereocenters. The molecule has 6 heteroatoms. The Morgan fingerprint density at radius 1 is 1.14 bits per heavy atom. The molecule has 21 heavy (non-hydrogen) atoms. The second-order valence-corrected chi connectivity index (χ2v) is 5.90. The van der Waals surface area contributed by atoms with E-state index in [-0.39, 0.29) is 5.95 Å². The van der Waals surface area contributed by atoms with Crippen LogP contribution in [0.25, 0.3) is 11.1 Å². The fourth-order valence-electron chi connectivity index (χ4n) is 2.33. The molecule has 0 radical (unpaired) electrons. The van der Waals surface area contributed by atoms with Gasteiger partial charge < -0.3 is 15.9 Å². The lowest BCUT2D eigenvalue weighted by Gasteiger charge is -2.08. The van der Waals surface area contributed by atoms with Gasteiger partial charge in [0.1, 0.15) is 5.82 Å². The molecule has 2 heterocycles. The molecule has 0 fully saturated rings. The first-order valence-corrected chi connectivity index (χ1v) is 7.53. The molecule has 3 aromatic rings. The van der Waals surface area contributed by atoms with Crippen LogP contribution in [0.1, 0.15) is 16.7 Å². The third-order valence-electron chi connectivity index (χ3n) is 3.34. The van der Waals surface area contributed by atoms with Crippen LogP contribution in [0.4, 0.5) is 11.8 Å². The summed E-state index contributed by atoms with van der Waals surface area (Å²) in [6.07, 6.45) is 1.68. The average Bonchev–Trinajstić information content (AvgIpc) is 2.81. The zero-order valence-corrected chi connectivity index (χ0v) is 12.7. The number of anilines is 2. The number of nitrogen functional groups attached to an aromatic ring is 2. The van der Waals surface area contributed by atoms with Crippen LogP contribution in [0.2, 0.25) is 0 Å². The standard InChI is InChI=1S/C15H16N4OS/c1-8-4-3-5-9(2)12(8)21-7-10-6-20-14-11(10)13(16)18-15(17)19-14/h3-6H,7H2,1-2H3,(H4,16,17,18,19). The summed E-state index contributed by atoms with van der Waals surface area (Å²) in [5.74, 6) is 1.24. The Bertz CT molecular complexity index is 793. The van der Waals surface area contributed by atoms with E-state index in [2.05, 4.69) is 42.0 Å². The van der Waals surface area contributed by atoms with E-state index in [9.17, 15) is 0 Å². The van der Waals surface area contributed by atoms with Gasteiger partial charge in [0.2, 0.25) is 11.7 Å². The fraction of sp³-hybridized carbons (Fsp3) is 0.200. The van der Waals surface area contributed by atoms with Gasteiger partial charge in [-0.2, -0.15) is 9.97 Å². The molecule has 0 aliphatic carbocycles. The average molecular weight is 300 g/mol. The van der Waals surface area contributed by atoms with Gasteiger partial charge >= 0.3 is 0 Å². The van der Waals surface area contributed by atoms with Crippen LogP contribution in [0, 0.1) is 13.8 Å². The number of nitrogens with zero attached hydrogens (tertiary/aromatic N) is 2. The summed E-state index contributed by atoms with van der Waals surface area (Å²) in [6.45, 7) is 4.22. The van der Waals surface area contributed by atoms with Crippen molar-refractivity contribution in [2.75, 3.05) is 11.5 Å². The zero-order valence-electron chi connectivity index (χ0n) is 11.9. The lowest BCUT2D eigenvalue weighted by Crippen LogP contribution is -2.00. The van der Waals surface area contributed by atoms with E-state index in [1.54, 1.807) is 18.0 Å². The molecule has 0 amide bonds. The van der Waals surface area contributed by atoms with Gasteiger partial charge in [-0.15, -0.1) is 11.8 Å². The van der Waals surface area contributed by atoms with Gasteiger partial charge in [0, 0.05) is 16.2 Å². The predicted octanol–water partition coefficient (Wildman–Crippen LogP) is 3.30. The first-order valence-electron chi connectivity index (χ1n) is 6.54. The van der Waals surface area contributed by atoms with Crippen molar-refractivity contribution in [2.45, 2.75) is 24.5 Å². The van der Waals surface area contributed by atoms with E-state index in [4.69, 9.17) is 15.9 Å². The Hall–Kier alpha value is -2.21. The summed E-state index contributed by atoms with van der Waals surface area (Å²) in [5, 5.41) is 0.753. The third kappa shape index (κ3) is 2.54. The predicted molar refractivity (Wildman–Crippen MR) is 86.1 cm³/mol. The van der Waals surface area contributed by atoms with Crippen molar-refractivity contribution in [3.8, 4) is 0 Å². The Morgan fingerprint density at radius 2 is 1.86 bits per heavy atom. The summed E-state index contributed by atoms with van der Waals surface area (Å²) in [6, 6.07) is 6.29. The zero-order chi connectivity index (χ0) is 15.0. The Labute approximate surface area is 126 Å². The molecule has 108 valence electrons. The molecule has 0 aliphatic heterocycles. The van der Waals surface area contributed by atoms with Crippen molar-refractivity contribution in [2.24, 2.45) is 0 Å². The van der Waals surface area contributed by atoms with Gasteiger partial charge in [0.05, 0.1) is 11.6 Å². The number of fused-ring (bicyclic) bond motifs is 1. The van der Waals surface area contributed by atoms with E-state index in [1.807, 2.05) is 0 Å². The Kier molecular flexibility index (Phi) is 3.47. The number of nitrogens with two attached hydrogens (primary N) is 2. The summed E-state index contributed by atoms with van der Waals surface area (Å²) < 4.78 is 5.44. The molecule has 0 aliphatic rings. The second kappa shape index (κ2) is 5.29. The van der Waals surface area contributed by atoms with Crippen molar-refractivity contribution >= 4 is 34.6 Å². The number of hydrogen-bond donors (Lipinski definition) is 2. The maximum absolute atomic E-state index is 5.93. The largest absolute Gasteiger partial charge is 0.446 e. The number of thioether (sulfide) groups is 1. The highest BCUT2D eigenvalue weighted by Gasteiger charge is 2.14. The van der Waals surface area contributed by atoms with E-state index < -0.39 is 0 Å². The van der Waals surface area contributed by atoms with Crippen LogP contribution < -0.4 is 11.5 Å². The highest BCUT2D eigenvalue weighted by atomic mass is 32.2. The van der Waals surface area contributed by atoms with Crippen molar-refractivity contribution in [1.82, 2.24) is 9.97 Å². The number of aryl methyl sites for hydroxylation is 2. The molecule has 1 aromatic carbocycles. The number of rotatable bonds is 3. The maximum Gasteiger partial charge on any atom is 0.233 e. The molecular formula is C15H16N4OS. The minimum atomic E-state index is 0.128. The number of hydrogen-bond acceptors (Lipinski definition) is 6. The van der Waals surface area contributed by atoms with Crippen LogP contribution >= 0.6 is 11.8 Å². The molecule has 0 saturated carbocycles. The van der Waals surface area contributed by atoms with Gasteiger partial charge in [-0.1, -0.05) is 18.2 Å². The molecule has 2 aromatic heterocycles. The van der Waals surface area contributed by atoms with Crippen LogP contribution in [-0.2, 0) is 5.75 Å². The molecule has 0 atom stereocenters. The number of aromatic nitrogens is 2. The van der Waals surface area contributed by atoms with Gasteiger partial charge in [-0.3, -0.25) is 0 Å². The van der Waals surface area contributed by atoms with E-state index in [0.717, 1.165) is 16.7 Å². The lowest BCUT2D eigenvalue weighted by atomic mass is 10.2. The topological polar surface area (TPSA) is 91.0 Å². The summed E-state index contributed by atoms with van der Waals surface area (Å²) in [5.41, 5.74) is 15.5. The van der Waals surface area contributed by atoms with Crippen molar-refractivity contribution in [3.63, 3.8) is 0 Å². The van der Waals surface area contributed by atoms with Crippen molar-refractivity contribution < 1.29 is 4.42 Å². The van der Waals surface area contributed by atoms with Gasteiger partial charge in [0.15, 0.2) is 0 Å². The van der Waals surface area contributed by atoms with Gasteiger partial charge in [-0.25, -0.2) is 0 Å². The van der Waals surface area contributed by atoms with Crippen LogP contribution in [0.3, 0.4) is 0 Å². The monoisotopic (exact) mass is 300 g/mol. The fourth-order valence-corrected chi connectivity index (χ4v) is 3.43. The molecule has 4 N–H and O–H groups in total. The molecule has 0 bridgehead atoms. The Balaban J connectivity index is 1.93. The first-order chi connectivity index (χ1) is 10.1. The molecule has 0 saturated heterocycles. The highest BCUT2D eigenvalue weighted by Crippen LogP contribution is 2.33. The van der Waals surface area contributed by atoms with E-state index >= 15 is 0 Å². The normalized spacial score (nSPS) is 11.1. The van der Waals surface area contributed by atoms with E-state index in [0.29, 0.717) is 11.5 Å².